The van der Waals surface area contributed by atoms with Gasteiger partial charge < -0.3 is 4.98 Å². The Balaban J connectivity index is 2.25. The predicted molar refractivity (Wildman–Crippen MR) is 70.5 cm³/mol. The number of hydrogen-bond acceptors (Lipinski definition) is 2. The van der Waals surface area contributed by atoms with Gasteiger partial charge in [0.25, 0.3) is 0 Å². The standard InChI is InChI=1S/C12H12N4S/c1-6-7(2)13-10-4-3-8(5-9(6)10)11-14-12(17)16-15-11/h3-5,13H,1-2H3,(H2,14,15,16,17). The molecule has 3 N–H and O–H groups in total. The van der Waals surface area contributed by atoms with E-state index in [9.17, 15) is 0 Å². The molecule has 0 amide bonds. The van der Waals surface area contributed by atoms with Crippen molar-refractivity contribution >= 4 is 23.1 Å². The van der Waals surface area contributed by atoms with Gasteiger partial charge in [-0.2, -0.15) is 4.98 Å². The molecule has 3 aromatic rings. The molecular formula is C12H12N4S. The van der Waals surface area contributed by atoms with Gasteiger partial charge in [0.05, 0.1) is 0 Å². The number of benzene rings is 1. The molecule has 0 radical (unpaired) electrons. The Labute approximate surface area is 103 Å². The molecule has 0 aliphatic rings. The van der Waals surface area contributed by atoms with Crippen molar-refractivity contribution in [2.75, 3.05) is 0 Å². The van der Waals surface area contributed by atoms with Gasteiger partial charge in [0, 0.05) is 22.2 Å². The summed E-state index contributed by atoms with van der Waals surface area (Å²) in [5.74, 6) is 0.773. The number of nitrogens with zero attached hydrogens (tertiary/aromatic N) is 1. The molecule has 2 heterocycles. The number of nitrogens with one attached hydrogen (secondary N) is 3. The maximum absolute atomic E-state index is 4.95. The van der Waals surface area contributed by atoms with E-state index in [-0.39, 0.29) is 0 Å². The summed E-state index contributed by atoms with van der Waals surface area (Å²) < 4.78 is 0.474. The van der Waals surface area contributed by atoms with E-state index < -0.39 is 0 Å². The molecule has 0 aliphatic carbocycles. The smallest absolute Gasteiger partial charge is 0.213 e. The van der Waals surface area contributed by atoms with Crippen LogP contribution in [0.5, 0.6) is 0 Å². The van der Waals surface area contributed by atoms with Crippen molar-refractivity contribution in [1.29, 1.82) is 0 Å². The number of aromatic nitrogens is 4. The molecule has 0 unspecified atom stereocenters. The summed E-state index contributed by atoms with van der Waals surface area (Å²) in [5, 5.41) is 6.99. The van der Waals surface area contributed by atoms with E-state index in [1.807, 2.05) is 6.07 Å². The van der Waals surface area contributed by atoms with E-state index >= 15 is 0 Å². The molecule has 86 valence electrons. The van der Waals surface area contributed by atoms with Crippen LogP contribution in [0.1, 0.15) is 11.3 Å². The highest BCUT2D eigenvalue weighted by molar-refractivity contribution is 7.71. The minimum atomic E-state index is 0.474. The summed E-state index contributed by atoms with van der Waals surface area (Å²) in [7, 11) is 0. The molecule has 0 spiro atoms. The quantitative estimate of drug-likeness (QED) is 0.575. The highest BCUT2D eigenvalue weighted by atomic mass is 32.1. The minimum Gasteiger partial charge on any atom is -0.358 e. The Kier molecular flexibility index (Phi) is 2.16. The first-order valence-electron chi connectivity index (χ1n) is 5.39. The van der Waals surface area contributed by atoms with E-state index in [2.05, 4.69) is 46.1 Å². The van der Waals surface area contributed by atoms with Crippen LogP contribution in [0.2, 0.25) is 0 Å². The van der Waals surface area contributed by atoms with E-state index in [1.165, 1.54) is 16.6 Å². The van der Waals surface area contributed by atoms with Crippen LogP contribution in [0.4, 0.5) is 0 Å². The van der Waals surface area contributed by atoms with Crippen LogP contribution in [-0.4, -0.2) is 20.2 Å². The zero-order valence-electron chi connectivity index (χ0n) is 9.59. The topological polar surface area (TPSA) is 60.3 Å². The molecule has 0 aliphatic heterocycles. The summed E-state index contributed by atoms with van der Waals surface area (Å²) in [4.78, 5) is 7.57. The average Bonchev–Trinajstić information content (AvgIpc) is 2.85. The normalized spacial score (nSPS) is 11.2. The fraction of sp³-hybridized carbons (Fsp3) is 0.167. The molecular weight excluding hydrogens is 232 g/mol. The minimum absolute atomic E-state index is 0.474. The number of aromatic amines is 3. The van der Waals surface area contributed by atoms with Crippen LogP contribution in [0.25, 0.3) is 22.3 Å². The van der Waals surface area contributed by atoms with Crippen molar-refractivity contribution in [3.63, 3.8) is 0 Å². The lowest BCUT2D eigenvalue weighted by Gasteiger charge is -1.97. The second kappa shape index (κ2) is 3.56. The first-order chi connectivity index (χ1) is 8.15. The van der Waals surface area contributed by atoms with Crippen LogP contribution in [0.3, 0.4) is 0 Å². The monoisotopic (exact) mass is 244 g/mol. The van der Waals surface area contributed by atoms with E-state index in [0.29, 0.717) is 4.77 Å². The molecule has 0 fully saturated rings. The van der Waals surface area contributed by atoms with Crippen molar-refractivity contribution in [2.45, 2.75) is 13.8 Å². The number of fused-ring (bicyclic) bond motifs is 1. The summed E-state index contributed by atoms with van der Waals surface area (Å²) in [5.41, 5.74) is 4.66. The zero-order valence-corrected chi connectivity index (χ0v) is 10.4. The summed E-state index contributed by atoms with van der Waals surface area (Å²) in [6, 6.07) is 6.21. The lowest BCUT2D eigenvalue weighted by molar-refractivity contribution is 1.08. The maximum Gasteiger partial charge on any atom is 0.213 e. The average molecular weight is 244 g/mol. The number of aryl methyl sites for hydroxylation is 2. The van der Waals surface area contributed by atoms with Gasteiger partial charge in [0.1, 0.15) is 0 Å². The van der Waals surface area contributed by atoms with Gasteiger partial charge in [-0.3, -0.25) is 10.2 Å². The summed E-state index contributed by atoms with van der Waals surface area (Å²) in [6.45, 7) is 4.20. The highest BCUT2D eigenvalue weighted by Crippen LogP contribution is 2.25. The maximum atomic E-state index is 4.95. The van der Waals surface area contributed by atoms with Gasteiger partial charge in [-0.15, -0.1) is 0 Å². The van der Waals surface area contributed by atoms with Gasteiger partial charge >= 0.3 is 0 Å². The van der Waals surface area contributed by atoms with Gasteiger partial charge in [-0.1, -0.05) is 0 Å². The molecule has 3 rings (SSSR count). The molecule has 5 heteroatoms. The molecule has 4 nitrogen and oxygen atoms in total. The Morgan fingerprint density at radius 2 is 2.00 bits per heavy atom. The summed E-state index contributed by atoms with van der Waals surface area (Å²) >= 11 is 4.95. The highest BCUT2D eigenvalue weighted by Gasteiger charge is 2.07. The fourth-order valence-corrected chi connectivity index (χ4v) is 2.16. The predicted octanol–water partition coefficient (Wildman–Crippen LogP) is 3.23. The SMILES string of the molecule is Cc1[nH]c2ccc(-c3nc(=S)[nH][nH]3)cc2c1C. The lowest BCUT2D eigenvalue weighted by atomic mass is 10.1. The van der Waals surface area contributed by atoms with Gasteiger partial charge in [-0.05, 0) is 49.8 Å². The van der Waals surface area contributed by atoms with E-state index in [1.54, 1.807) is 0 Å². The number of hydrogen-bond donors (Lipinski definition) is 3. The van der Waals surface area contributed by atoms with Crippen LogP contribution in [0, 0.1) is 18.6 Å². The van der Waals surface area contributed by atoms with Crippen molar-refractivity contribution in [3.05, 3.63) is 34.2 Å². The molecule has 0 saturated heterocycles. The molecule has 2 aromatic heterocycles. The second-order valence-electron chi connectivity index (χ2n) is 4.15. The molecule has 1 aromatic carbocycles. The van der Waals surface area contributed by atoms with E-state index in [4.69, 9.17) is 12.2 Å². The lowest BCUT2D eigenvalue weighted by Crippen LogP contribution is -1.81. The third-order valence-electron chi connectivity index (χ3n) is 3.08. The van der Waals surface area contributed by atoms with Crippen LogP contribution in [-0.2, 0) is 0 Å². The Bertz CT molecular complexity index is 747. The molecule has 0 atom stereocenters. The van der Waals surface area contributed by atoms with Gasteiger partial charge in [0.2, 0.25) is 4.77 Å². The number of rotatable bonds is 1. The third kappa shape index (κ3) is 1.59. The van der Waals surface area contributed by atoms with E-state index in [0.717, 1.165) is 16.9 Å². The molecule has 0 bridgehead atoms. The summed E-state index contributed by atoms with van der Waals surface area (Å²) in [6.07, 6.45) is 0. The van der Waals surface area contributed by atoms with Gasteiger partial charge in [-0.25, -0.2) is 0 Å². The van der Waals surface area contributed by atoms with Crippen LogP contribution >= 0.6 is 12.2 Å². The van der Waals surface area contributed by atoms with Crippen molar-refractivity contribution in [1.82, 2.24) is 20.2 Å². The molecule has 17 heavy (non-hydrogen) atoms. The fourth-order valence-electron chi connectivity index (χ4n) is 2.02. The van der Waals surface area contributed by atoms with Crippen LogP contribution < -0.4 is 0 Å². The van der Waals surface area contributed by atoms with Crippen molar-refractivity contribution < 1.29 is 0 Å². The largest absolute Gasteiger partial charge is 0.358 e. The van der Waals surface area contributed by atoms with Crippen LogP contribution in [0.15, 0.2) is 18.2 Å². The second-order valence-corrected chi connectivity index (χ2v) is 4.54. The first kappa shape index (κ1) is 10.3. The molecule has 0 saturated carbocycles. The van der Waals surface area contributed by atoms with Crippen molar-refractivity contribution in [2.24, 2.45) is 0 Å². The zero-order chi connectivity index (χ0) is 12.0. The van der Waals surface area contributed by atoms with Crippen molar-refractivity contribution in [3.8, 4) is 11.4 Å². The van der Waals surface area contributed by atoms with Gasteiger partial charge in [0.15, 0.2) is 5.82 Å². The first-order valence-corrected chi connectivity index (χ1v) is 5.80. The Morgan fingerprint density at radius 3 is 2.71 bits per heavy atom. The Hall–Kier alpha value is -1.88. The Morgan fingerprint density at radius 1 is 1.18 bits per heavy atom. The third-order valence-corrected chi connectivity index (χ3v) is 3.28. The number of H-pyrrole nitrogens is 3.